The van der Waals surface area contributed by atoms with Crippen molar-refractivity contribution >= 4 is 32.9 Å². The van der Waals surface area contributed by atoms with Crippen molar-refractivity contribution in [2.75, 3.05) is 11.6 Å². The fraction of sp³-hybridized carbons (Fsp3) is 0.0909. The van der Waals surface area contributed by atoms with Crippen LogP contribution >= 0.6 is 11.6 Å². The van der Waals surface area contributed by atoms with Gasteiger partial charge < -0.3 is 10.3 Å². The zero-order chi connectivity index (χ0) is 14.0. The SMILES string of the molecule is CS(=O)(=O)c1ccc(Nc2ncc(Cl)[nH]c2=O)cc1. The van der Waals surface area contributed by atoms with E-state index in [9.17, 15) is 13.2 Å². The molecule has 0 fully saturated rings. The quantitative estimate of drug-likeness (QED) is 0.897. The number of hydrogen-bond donors (Lipinski definition) is 2. The maximum atomic E-state index is 11.5. The number of aromatic nitrogens is 2. The van der Waals surface area contributed by atoms with Crippen LogP contribution in [0.2, 0.25) is 5.15 Å². The third-order valence-corrected chi connectivity index (χ3v) is 3.62. The van der Waals surface area contributed by atoms with Gasteiger partial charge in [-0.3, -0.25) is 4.79 Å². The molecule has 0 saturated heterocycles. The molecule has 1 aromatic heterocycles. The van der Waals surface area contributed by atoms with Crippen molar-refractivity contribution in [3.05, 3.63) is 46.0 Å². The summed E-state index contributed by atoms with van der Waals surface area (Å²) in [6.07, 6.45) is 2.43. The van der Waals surface area contributed by atoms with Gasteiger partial charge in [-0.15, -0.1) is 0 Å². The van der Waals surface area contributed by atoms with Crippen LogP contribution in [0.25, 0.3) is 0 Å². The average Bonchev–Trinajstić information content (AvgIpc) is 2.32. The van der Waals surface area contributed by atoms with Gasteiger partial charge in [0, 0.05) is 11.9 Å². The lowest BCUT2D eigenvalue weighted by molar-refractivity contribution is 0.602. The van der Waals surface area contributed by atoms with Crippen molar-refractivity contribution in [2.45, 2.75) is 4.90 Å². The maximum Gasteiger partial charge on any atom is 0.292 e. The van der Waals surface area contributed by atoms with Gasteiger partial charge >= 0.3 is 0 Å². The van der Waals surface area contributed by atoms with E-state index in [-0.39, 0.29) is 15.9 Å². The summed E-state index contributed by atoms with van der Waals surface area (Å²) in [5, 5.41) is 2.91. The largest absolute Gasteiger partial charge is 0.336 e. The van der Waals surface area contributed by atoms with Gasteiger partial charge in [0.05, 0.1) is 11.1 Å². The van der Waals surface area contributed by atoms with E-state index < -0.39 is 15.4 Å². The van der Waals surface area contributed by atoms with Gasteiger partial charge in [0.15, 0.2) is 15.7 Å². The number of aromatic amines is 1. The standard InChI is InChI=1S/C11H10ClN3O3S/c1-19(17,18)8-4-2-7(3-5-8)14-10-11(16)15-9(12)6-13-10/h2-6H,1H3,(H,13,14)(H,15,16). The zero-order valence-electron chi connectivity index (χ0n) is 9.84. The van der Waals surface area contributed by atoms with Crippen molar-refractivity contribution in [2.24, 2.45) is 0 Å². The Morgan fingerprint density at radius 3 is 2.42 bits per heavy atom. The van der Waals surface area contributed by atoms with E-state index in [1.54, 1.807) is 12.1 Å². The summed E-state index contributed by atoms with van der Waals surface area (Å²) in [7, 11) is -3.23. The summed E-state index contributed by atoms with van der Waals surface area (Å²) < 4.78 is 22.6. The van der Waals surface area contributed by atoms with E-state index in [0.29, 0.717) is 5.69 Å². The number of benzene rings is 1. The van der Waals surface area contributed by atoms with Gasteiger partial charge in [-0.05, 0) is 24.3 Å². The molecule has 2 aromatic rings. The van der Waals surface area contributed by atoms with Crippen molar-refractivity contribution in [3.8, 4) is 0 Å². The lowest BCUT2D eigenvalue weighted by Gasteiger charge is -2.05. The molecule has 0 saturated carbocycles. The number of rotatable bonds is 3. The highest BCUT2D eigenvalue weighted by Gasteiger charge is 2.07. The molecule has 1 heterocycles. The number of nitrogens with one attached hydrogen (secondary N) is 2. The predicted molar refractivity (Wildman–Crippen MR) is 72.7 cm³/mol. The summed E-state index contributed by atoms with van der Waals surface area (Å²) >= 11 is 5.58. The molecule has 0 radical (unpaired) electrons. The number of anilines is 2. The van der Waals surface area contributed by atoms with E-state index in [0.717, 1.165) is 6.26 Å². The van der Waals surface area contributed by atoms with Gasteiger partial charge in [0.25, 0.3) is 5.56 Å². The van der Waals surface area contributed by atoms with E-state index >= 15 is 0 Å². The minimum absolute atomic E-state index is 0.0801. The van der Waals surface area contributed by atoms with E-state index in [4.69, 9.17) is 11.6 Å². The van der Waals surface area contributed by atoms with Crippen molar-refractivity contribution in [1.29, 1.82) is 0 Å². The van der Waals surface area contributed by atoms with E-state index in [1.165, 1.54) is 18.3 Å². The molecule has 0 atom stereocenters. The van der Waals surface area contributed by atoms with Crippen molar-refractivity contribution in [3.63, 3.8) is 0 Å². The Morgan fingerprint density at radius 2 is 1.89 bits per heavy atom. The fourth-order valence-corrected chi connectivity index (χ4v) is 2.16. The lowest BCUT2D eigenvalue weighted by Crippen LogP contribution is -2.13. The first kappa shape index (κ1) is 13.6. The zero-order valence-corrected chi connectivity index (χ0v) is 11.4. The topological polar surface area (TPSA) is 91.9 Å². The van der Waals surface area contributed by atoms with Gasteiger partial charge in [-0.1, -0.05) is 11.6 Å². The van der Waals surface area contributed by atoms with Crippen LogP contribution in [0, 0.1) is 0 Å². The Kier molecular flexibility index (Phi) is 3.59. The van der Waals surface area contributed by atoms with Crippen molar-refractivity contribution < 1.29 is 8.42 Å². The van der Waals surface area contributed by atoms with Gasteiger partial charge in [-0.25, -0.2) is 13.4 Å². The molecule has 0 aliphatic heterocycles. The summed E-state index contributed by atoms with van der Waals surface area (Å²) in [6.45, 7) is 0. The van der Waals surface area contributed by atoms with Gasteiger partial charge in [0.2, 0.25) is 0 Å². The first-order valence-corrected chi connectivity index (χ1v) is 7.45. The number of nitrogens with zero attached hydrogens (tertiary/aromatic N) is 1. The van der Waals surface area contributed by atoms with Crippen LogP contribution in [-0.4, -0.2) is 24.6 Å². The van der Waals surface area contributed by atoms with Crippen LogP contribution in [0.1, 0.15) is 0 Å². The summed E-state index contributed by atoms with van der Waals surface area (Å²) in [6, 6.07) is 5.99. The molecule has 1 aromatic carbocycles. The van der Waals surface area contributed by atoms with E-state index in [2.05, 4.69) is 15.3 Å². The molecule has 19 heavy (non-hydrogen) atoms. The lowest BCUT2D eigenvalue weighted by atomic mass is 10.3. The molecule has 0 unspecified atom stereocenters. The molecular weight excluding hydrogens is 290 g/mol. The van der Waals surface area contributed by atoms with E-state index in [1.807, 2.05) is 0 Å². The minimum Gasteiger partial charge on any atom is -0.336 e. The molecule has 2 N–H and O–H groups in total. The van der Waals surface area contributed by atoms with Gasteiger partial charge in [-0.2, -0.15) is 0 Å². The van der Waals surface area contributed by atoms with Crippen LogP contribution < -0.4 is 10.9 Å². The third-order valence-electron chi connectivity index (χ3n) is 2.30. The second-order valence-corrected chi connectivity index (χ2v) is 6.25. The first-order chi connectivity index (χ1) is 8.86. The number of sulfone groups is 1. The molecule has 6 nitrogen and oxygen atoms in total. The molecule has 2 rings (SSSR count). The Hall–Kier alpha value is -1.86. The Labute approximate surface area is 114 Å². The number of H-pyrrole nitrogens is 1. The first-order valence-electron chi connectivity index (χ1n) is 5.18. The highest BCUT2D eigenvalue weighted by Crippen LogP contribution is 2.16. The van der Waals surface area contributed by atoms with Crippen LogP contribution in [0.15, 0.2) is 40.2 Å². The van der Waals surface area contributed by atoms with Crippen LogP contribution in [0.4, 0.5) is 11.5 Å². The normalized spacial score (nSPS) is 11.3. The second-order valence-electron chi connectivity index (χ2n) is 3.83. The highest BCUT2D eigenvalue weighted by molar-refractivity contribution is 7.90. The summed E-state index contributed by atoms with van der Waals surface area (Å²) in [5.41, 5.74) is 0.0902. The average molecular weight is 300 g/mol. The maximum absolute atomic E-state index is 11.5. The van der Waals surface area contributed by atoms with Crippen LogP contribution in [0.5, 0.6) is 0 Å². The third kappa shape index (κ3) is 3.33. The Balaban J connectivity index is 2.27. The van der Waals surface area contributed by atoms with Crippen molar-refractivity contribution in [1.82, 2.24) is 9.97 Å². The second kappa shape index (κ2) is 5.02. The fourth-order valence-electron chi connectivity index (χ4n) is 1.39. The summed E-state index contributed by atoms with van der Waals surface area (Å²) in [5.74, 6) is 0.0801. The monoisotopic (exact) mass is 299 g/mol. The molecule has 0 aliphatic carbocycles. The molecule has 0 amide bonds. The predicted octanol–water partition coefficient (Wildman–Crippen LogP) is 1.57. The number of halogens is 1. The Bertz CT molecular complexity index is 754. The molecule has 0 aliphatic rings. The molecule has 100 valence electrons. The molecule has 8 heteroatoms. The highest BCUT2D eigenvalue weighted by atomic mass is 35.5. The summed E-state index contributed by atoms with van der Waals surface area (Å²) in [4.78, 5) is 17.9. The molecule has 0 spiro atoms. The van der Waals surface area contributed by atoms with Crippen LogP contribution in [0.3, 0.4) is 0 Å². The number of hydrogen-bond acceptors (Lipinski definition) is 5. The smallest absolute Gasteiger partial charge is 0.292 e. The molecular formula is C11H10ClN3O3S. The van der Waals surface area contributed by atoms with Crippen LogP contribution in [-0.2, 0) is 9.84 Å². The minimum atomic E-state index is -3.23. The Morgan fingerprint density at radius 1 is 1.26 bits per heavy atom. The van der Waals surface area contributed by atoms with Gasteiger partial charge in [0.1, 0.15) is 5.15 Å². The molecule has 0 bridgehead atoms.